The first-order valence-electron chi connectivity index (χ1n) is 8.88. The molecule has 1 N–H and O–H groups in total. The summed E-state index contributed by atoms with van der Waals surface area (Å²) < 4.78 is 5.92. The summed E-state index contributed by atoms with van der Waals surface area (Å²) >= 11 is 3.40. The average Bonchev–Trinajstić information content (AvgIpc) is 2.73. The maximum absolute atomic E-state index is 12.5. The Labute approximate surface area is 173 Å². The van der Waals surface area contributed by atoms with Gasteiger partial charge in [-0.1, -0.05) is 60.7 Å². The lowest BCUT2D eigenvalue weighted by molar-refractivity contribution is 0.0954. The van der Waals surface area contributed by atoms with E-state index in [4.69, 9.17) is 4.74 Å². The van der Waals surface area contributed by atoms with Crippen molar-refractivity contribution in [3.05, 3.63) is 100 Å². The predicted molar refractivity (Wildman–Crippen MR) is 116 cm³/mol. The Bertz CT molecular complexity index is 933. The monoisotopic (exact) mass is 436 g/mol. The second kappa shape index (κ2) is 9.33. The van der Waals surface area contributed by atoms with E-state index in [0.717, 1.165) is 21.3 Å². The van der Waals surface area contributed by atoms with Gasteiger partial charge in [-0.05, 0) is 52.2 Å². The van der Waals surface area contributed by atoms with Crippen molar-refractivity contribution in [3.63, 3.8) is 0 Å². The van der Waals surface area contributed by atoms with Crippen LogP contribution in [0.15, 0.2) is 88.4 Å². The van der Waals surface area contributed by atoms with Crippen LogP contribution in [0, 0.1) is 0 Å². The van der Waals surface area contributed by atoms with Crippen LogP contribution < -0.4 is 10.2 Å². The van der Waals surface area contributed by atoms with E-state index in [1.165, 1.54) is 0 Å². The van der Waals surface area contributed by atoms with Gasteiger partial charge in [-0.25, -0.2) is 5.43 Å². The van der Waals surface area contributed by atoms with Gasteiger partial charge in [0.05, 0.1) is 11.6 Å². The van der Waals surface area contributed by atoms with Crippen molar-refractivity contribution < 1.29 is 9.53 Å². The van der Waals surface area contributed by atoms with Gasteiger partial charge in [0, 0.05) is 17.2 Å². The summed E-state index contributed by atoms with van der Waals surface area (Å²) in [5, 5.41) is 4.40. The molecule has 0 spiro atoms. The quantitative estimate of drug-likeness (QED) is 0.415. The molecule has 0 fully saturated rings. The maximum atomic E-state index is 12.5. The normalized spacial score (nSPS) is 11.4. The van der Waals surface area contributed by atoms with Crippen LogP contribution in [0.5, 0.6) is 5.75 Å². The molecule has 3 aromatic rings. The maximum Gasteiger partial charge on any atom is 0.271 e. The summed E-state index contributed by atoms with van der Waals surface area (Å²) in [4.78, 5) is 12.5. The molecule has 0 radical (unpaired) electrons. The van der Waals surface area contributed by atoms with Crippen LogP contribution in [-0.4, -0.2) is 18.7 Å². The number of hydrogen-bond donors (Lipinski definition) is 1. The predicted octanol–water partition coefficient (Wildman–Crippen LogP) is 5.40. The van der Waals surface area contributed by atoms with Crippen molar-refractivity contribution in [2.45, 2.75) is 12.8 Å². The highest BCUT2D eigenvalue weighted by molar-refractivity contribution is 9.10. The molecule has 0 aromatic heterocycles. The number of amides is 1. The minimum absolute atomic E-state index is 0.0368. The summed E-state index contributed by atoms with van der Waals surface area (Å²) in [6, 6.07) is 25.4. The molecule has 28 heavy (non-hydrogen) atoms. The second-order valence-corrected chi connectivity index (χ2v) is 7.15. The number of ether oxygens (including phenoxy) is 1. The lowest BCUT2D eigenvalue weighted by Crippen LogP contribution is -2.21. The minimum atomic E-state index is -0.275. The van der Waals surface area contributed by atoms with Gasteiger partial charge in [0.25, 0.3) is 5.91 Å². The van der Waals surface area contributed by atoms with Gasteiger partial charge < -0.3 is 4.74 Å². The number of nitrogens with zero attached hydrogens (tertiary/aromatic N) is 1. The first-order valence-corrected chi connectivity index (χ1v) is 9.67. The first-order chi connectivity index (χ1) is 13.6. The molecule has 0 bridgehead atoms. The van der Waals surface area contributed by atoms with Gasteiger partial charge >= 0.3 is 0 Å². The zero-order valence-corrected chi connectivity index (χ0v) is 17.3. The van der Waals surface area contributed by atoms with Crippen LogP contribution in [0.3, 0.4) is 0 Å². The van der Waals surface area contributed by atoms with Crippen LogP contribution in [0.1, 0.15) is 34.3 Å². The van der Waals surface area contributed by atoms with Crippen LogP contribution >= 0.6 is 15.9 Å². The smallest absolute Gasteiger partial charge is 0.271 e. The van der Waals surface area contributed by atoms with E-state index < -0.39 is 0 Å². The minimum Gasteiger partial charge on any atom is -0.496 e. The largest absolute Gasteiger partial charge is 0.496 e. The Balaban J connectivity index is 1.85. The van der Waals surface area contributed by atoms with Gasteiger partial charge in [-0.2, -0.15) is 5.10 Å². The molecule has 3 aromatic carbocycles. The Morgan fingerprint density at radius 1 is 0.964 bits per heavy atom. The molecule has 0 aliphatic heterocycles. The number of benzene rings is 3. The second-order valence-electron chi connectivity index (χ2n) is 6.30. The topological polar surface area (TPSA) is 50.7 Å². The molecular weight excluding hydrogens is 416 g/mol. The summed E-state index contributed by atoms with van der Waals surface area (Å²) in [5.41, 5.74) is 6.22. The first kappa shape index (κ1) is 19.8. The van der Waals surface area contributed by atoms with Crippen molar-refractivity contribution in [2.24, 2.45) is 5.10 Å². The van der Waals surface area contributed by atoms with E-state index in [2.05, 4.69) is 50.7 Å². The number of hydrazone groups is 1. The van der Waals surface area contributed by atoms with Crippen LogP contribution in [0.4, 0.5) is 0 Å². The van der Waals surface area contributed by atoms with Gasteiger partial charge in [0.2, 0.25) is 0 Å². The Hall–Kier alpha value is -2.92. The van der Waals surface area contributed by atoms with Crippen molar-refractivity contribution in [1.82, 2.24) is 5.43 Å². The molecule has 0 heterocycles. The molecule has 0 aliphatic rings. The average molecular weight is 437 g/mol. The highest BCUT2D eigenvalue weighted by atomic mass is 79.9. The van der Waals surface area contributed by atoms with Crippen molar-refractivity contribution in [1.29, 1.82) is 0 Å². The summed E-state index contributed by atoms with van der Waals surface area (Å²) in [6.45, 7) is 1.93. The molecule has 0 atom stereocenters. The molecular formula is C23H21BrN2O2. The Morgan fingerprint density at radius 2 is 1.54 bits per heavy atom. The number of halogens is 1. The molecule has 0 saturated carbocycles. The zero-order valence-electron chi connectivity index (χ0n) is 15.7. The molecule has 0 saturated heterocycles. The fourth-order valence-corrected chi connectivity index (χ4v) is 3.58. The fraction of sp³-hybridized carbons (Fsp3) is 0.130. The van der Waals surface area contributed by atoms with Gasteiger partial charge in [0.1, 0.15) is 5.75 Å². The highest BCUT2D eigenvalue weighted by Gasteiger charge is 2.18. The number of rotatable bonds is 6. The lowest BCUT2D eigenvalue weighted by Gasteiger charge is -2.18. The molecule has 3 rings (SSSR count). The Kier molecular flexibility index (Phi) is 6.61. The third kappa shape index (κ3) is 4.67. The standard InChI is InChI=1S/C23H21BrN2O2/c1-16(25-26-23(27)19-13-14-21(28-2)20(24)15-19)22(17-9-5-3-6-10-17)18-11-7-4-8-12-18/h3-15,22H,1-2H3,(H,26,27)/b25-16+. The molecule has 142 valence electrons. The lowest BCUT2D eigenvalue weighted by atomic mass is 9.88. The van der Waals surface area contributed by atoms with Gasteiger partial charge in [-0.3, -0.25) is 4.79 Å². The molecule has 1 amide bonds. The molecule has 0 aliphatic carbocycles. The van der Waals surface area contributed by atoms with Crippen molar-refractivity contribution in [3.8, 4) is 5.75 Å². The van der Waals surface area contributed by atoms with Gasteiger partial charge in [0.15, 0.2) is 0 Å². The molecule has 0 unspecified atom stereocenters. The highest BCUT2D eigenvalue weighted by Crippen LogP contribution is 2.27. The number of carbonyl (C=O) groups is 1. The van der Waals surface area contributed by atoms with E-state index in [0.29, 0.717) is 11.3 Å². The summed E-state index contributed by atoms with van der Waals surface area (Å²) in [5.74, 6) is 0.359. The van der Waals surface area contributed by atoms with Crippen LogP contribution in [0.2, 0.25) is 0 Å². The molecule has 4 nitrogen and oxygen atoms in total. The SMILES string of the molecule is COc1ccc(C(=O)N/N=C(\C)C(c2ccccc2)c2ccccc2)cc1Br. The number of nitrogens with one attached hydrogen (secondary N) is 1. The van der Waals surface area contributed by atoms with E-state index in [-0.39, 0.29) is 11.8 Å². The number of methoxy groups -OCH3 is 1. The van der Waals surface area contributed by atoms with E-state index in [9.17, 15) is 4.79 Å². The van der Waals surface area contributed by atoms with Crippen LogP contribution in [-0.2, 0) is 0 Å². The number of carbonyl (C=O) groups excluding carboxylic acids is 1. The number of hydrogen-bond acceptors (Lipinski definition) is 3. The van der Waals surface area contributed by atoms with E-state index in [1.54, 1.807) is 25.3 Å². The summed E-state index contributed by atoms with van der Waals surface area (Å²) in [7, 11) is 1.58. The van der Waals surface area contributed by atoms with E-state index in [1.807, 2.05) is 43.3 Å². The third-order valence-electron chi connectivity index (χ3n) is 4.43. The van der Waals surface area contributed by atoms with Crippen LogP contribution in [0.25, 0.3) is 0 Å². The Morgan fingerprint density at radius 3 is 2.04 bits per heavy atom. The van der Waals surface area contributed by atoms with Gasteiger partial charge in [-0.15, -0.1) is 0 Å². The van der Waals surface area contributed by atoms with Crippen molar-refractivity contribution >= 4 is 27.5 Å². The fourth-order valence-electron chi connectivity index (χ4n) is 3.04. The molecule has 5 heteroatoms. The summed E-state index contributed by atoms with van der Waals surface area (Å²) in [6.07, 6.45) is 0. The third-order valence-corrected chi connectivity index (χ3v) is 5.05. The van der Waals surface area contributed by atoms with Crippen molar-refractivity contribution in [2.75, 3.05) is 7.11 Å². The van der Waals surface area contributed by atoms with E-state index >= 15 is 0 Å². The zero-order chi connectivity index (χ0) is 19.9.